The molecule has 0 aliphatic carbocycles. The van der Waals surface area contributed by atoms with Crippen molar-refractivity contribution in [2.45, 2.75) is 18.1 Å². The van der Waals surface area contributed by atoms with Crippen LogP contribution in [-0.4, -0.2) is 33.1 Å². The van der Waals surface area contributed by atoms with Crippen LogP contribution in [0.15, 0.2) is 18.2 Å². The normalized spacial score (nSPS) is 21.7. The highest BCUT2D eigenvalue weighted by molar-refractivity contribution is 7.92. The van der Waals surface area contributed by atoms with Gasteiger partial charge in [0.2, 0.25) is 0 Å². The molecule has 1 aliphatic rings. The molecule has 18 heavy (non-hydrogen) atoms. The van der Waals surface area contributed by atoms with Gasteiger partial charge in [-0.05, 0) is 25.0 Å². The molecule has 1 aromatic rings. The number of nitrogens with two attached hydrogens (primary N) is 1. The van der Waals surface area contributed by atoms with Gasteiger partial charge in [0, 0.05) is 6.54 Å². The first-order valence-corrected chi connectivity index (χ1v) is 7.64. The van der Waals surface area contributed by atoms with E-state index in [1.807, 2.05) is 12.1 Å². The molecule has 0 spiro atoms. The number of hydrogen-bond donors (Lipinski definition) is 2. The van der Waals surface area contributed by atoms with Gasteiger partial charge in [-0.2, -0.15) is 0 Å². The van der Waals surface area contributed by atoms with Crippen LogP contribution >= 0.6 is 0 Å². The molecule has 2 rings (SSSR count). The molecule has 1 aromatic carbocycles. The Kier molecular flexibility index (Phi) is 3.65. The number of anilines is 2. The van der Waals surface area contributed by atoms with Gasteiger partial charge in [0.1, 0.15) is 5.75 Å². The molecule has 1 saturated heterocycles. The van der Waals surface area contributed by atoms with Crippen LogP contribution in [0.25, 0.3) is 0 Å². The number of rotatable bonds is 4. The van der Waals surface area contributed by atoms with Crippen LogP contribution < -0.4 is 15.8 Å². The topological polar surface area (TPSA) is 81.4 Å². The summed E-state index contributed by atoms with van der Waals surface area (Å²) in [5.74, 6) is 0.890. The largest absolute Gasteiger partial charge is 0.495 e. The molecular weight excluding hydrogens is 252 g/mol. The van der Waals surface area contributed by atoms with Crippen molar-refractivity contribution >= 4 is 21.2 Å². The number of sulfone groups is 1. The molecule has 3 N–H and O–H groups in total. The van der Waals surface area contributed by atoms with Crippen molar-refractivity contribution in [3.05, 3.63) is 18.2 Å². The van der Waals surface area contributed by atoms with Gasteiger partial charge in [0.25, 0.3) is 0 Å². The van der Waals surface area contributed by atoms with Crippen LogP contribution in [0.4, 0.5) is 11.4 Å². The second-order valence-electron chi connectivity index (χ2n) is 4.43. The molecule has 1 heterocycles. The summed E-state index contributed by atoms with van der Waals surface area (Å²) in [6.07, 6.45) is 1.47. The zero-order valence-electron chi connectivity index (χ0n) is 10.3. The number of nitrogen functional groups attached to an aromatic ring is 1. The highest BCUT2D eigenvalue weighted by Gasteiger charge is 2.30. The molecule has 0 radical (unpaired) electrons. The second kappa shape index (κ2) is 5.06. The number of ether oxygens (including phenoxy) is 1. The predicted octanol–water partition coefficient (Wildman–Crippen LogP) is 1.27. The van der Waals surface area contributed by atoms with Crippen LogP contribution in [0.3, 0.4) is 0 Å². The summed E-state index contributed by atoms with van der Waals surface area (Å²) in [4.78, 5) is 0. The minimum atomic E-state index is -2.92. The SMILES string of the molecule is COc1cccc(NCC2CCCS2(=O)=O)c1N. The Morgan fingerprint density at radius 3 is 2.89 bits per heavy atom. The molecule has 100 valence electrons. The van der Waals surface area contributed by atoms with Gasteiger partial charge in [-0.1, -0.05) is 6.07 Å². The highest BCUT2D eigenvalue weighted by Crippen LogP contribution is 2.29. The van der Waals surface area contributed by atoms with Crippen LogP contribution in [0.2, 0.25) is 0 Å². The van der Waals surface area contributed by atoms with E-state index >= 15 is 0 Å². The van der Waals surface area contributed by atoms with Crippen molar-refractivity contribution in [1.29, 1.82) is 0 Å². The summed E-state index contributed by atoms with van der Waals surface area (Å²) in [5.41, 5.74) is 7.14. The smallest absolute Gasteiger partial charge is 0.154 e. The van der Waals surface area contributed by atoms with Gasteiger partial charge in [0.05, 0.1) is 29.5 Å². The van der Waals surface area contributed by atoms with E-state index in [0.717, 1.165) is 18.5 Å². The first-order chi connectivity index (χ1) is 8.54. The molecule has 0 aromatic heterocycles. The van der Waals surface area contributed by atoms with Crippen molar-refractivity contribution in [3.63, 3.8) is 0 Å². The van der Waals surface area contributed by atoms with Crippen LogP contribution in [0.5, 0.6) is 5.75 Å². The lowest BCUT2D eigenvalue weighted by molar-refractivity contribution is 0.417. The minimum Gasteiger partial charge on any atom is -0.495 e. The Morgan fingerprint density at radius 2 is 2.28 bits per heavy atom. The van der Waals surface area contributed by atoms with Crippen molar-refractivity contribution in [2.24, 2.45) is 0 Å². The maximum atomic E-state index is 11.7. The molecule has 0 amide bonds. The summed E-state index contributed by atoms with van der Waals surface area (Å²) in [5, 5.41) is 2.80. The first-order valence-electron chi connectivity index (χ1n) is 5.92. The third kappa shape index (κ3) is 2.53. The summed E-state index contributed by atoms with van der Waals surface area (Å²) >= 11 is 0. The molecule has 5 nitrogen and oxygen atoms in total. The van der Waals surface area contributed by atoms with E-state index in [1.165, 1.54) is 0 Å². The third-order valence-electron chi connectivity index (χ3n) is 3.27. The summed E-state index contributed by atoms with van der Waals surface area (Å²) in [6.45, 7) is 0.402. The van der Waals surface area contributed by atoms with Gasteiger partial charge in [-0.25, -0.2) is 8.42 Å². The first kappa shape index (κ1) is 13.0. The second-order valence-corrected chi connectivity index (χ2v) is 6.83. The Morgan fingerprint density at radius 1 is 1.50 bits per heavy atom. The average Bonchev–Trinajstić information content (AvgIpc) is 2.67. The monoisotopic (exact) mass is 270 g/mol. The van der Waals surface area contributed by atoms with Crippen molar-refractivity contribution in [2.75, 3.05) is 30.5 Å². The van der Waals surface area contributed by atoms with Crippen LogP contribution in [-0.2, 0) is 9.84 Å². The summed E-state index contributed by atoms with van der Waals surface area (Å²) in [6, 6.07) is 5.41. The zero-order valence-corrected chi connectivity index (χ0v) is 11.2. The standard InChI is InChI=1S/C12H18N2O3S/c1-17-11-6-2-5-10(12(11)13)14-8-9-4-3-7-18(9,15)16/h2,5-6,9,14H,3-4,7-8,13H2,1H3. The number of nitrogens with one attached hydrogen (secondary N) is 1. The number of hydrogen-bond acceptors (Lipinski definition) is 5. The van der Waals surface area contributed by atoms with E-state index in [4.69, 9.17) is 10.5 Å². The Bertz CT molecular complexity index is 528. The number of methoxy groups -OCH3 is 1. The van der Waals surface area contributed by atoms with Gasteiger partial charge < -0.3 is 15.8 Å². The fraction of sp³-hybridized carbons (Fsp3) is 0.500. The lowest BCUT2D eigenvalue weighted by atomic mass is 10.2. The van der Waals surface area contributed by atoms with Crippen LogP contribution in [0, 0.1) is 0 Å². The lowest BCUT2D eigenvalue weighted by Crippen LogP contribution is -2.25. The van der Waals surface area contributed by atoms with E-state index in [2.05, 4.69) is 5.32 Å². The van der Waals surface area contributed by atoms with Gasteiger partial charge in [-0.3, -0.25) is 0 Å². The Hall–Kier alpha value is -1.43. The molecule has 6 heteroatoms. The predicted molar refractivity (Wildman–Crippen MR) is 72.7 cm³/mol. The fourth-order valence-corrected chi connectivity index (χ4v) is 3.95. The van der Waals surface area contributed by atoms with Crippen molar-refractivity contribution < 1.29 is 13.2 Å². The van der Waals surface area contributed by atoms with E-state index in [0.29, 0.717) is 23.7 Å². The molecule has 0 saturated carbocycles. The van der Waals surface area contributed by atoms with E-state index in [9.17, 15) is 8.42 Å². The highest BCUT2D eigenvalue weighted by atomic mass is 32.2. The molecule has 1 aliphatic heterocycles. The molecule has 0 bridgehead atoms. The fourth-order valence-electron chi connectivity index (χ4n) is 2.19. The quantitative estimate of drug-likeness (QED) is 0.805. The van der Waals surface area contributed by atoms with Crippen molar-refractivity contribution in [1.82, 2.24) is 0 Å². The van der Waals surface area contributed by atoms with Gasteiger partial charge in [-0.15, -0.1) is 0 Å². The van der Waals surface area contributed by atoms with Crippen LogP contribution in [0.1, 0.15) is 12.8 Å². The maximum absolute atomic E-state index is 11.7. The minimum absolute atomic E-state index is 0.299. The lowest BCUT2D eigenvalue weighted by Gasteiger charge is -2.15. The van der Waals surface area contributed by atoms with Gasteiger partial charge >= 0.3 is 0 Å². The maximum Gasteiger partial charge on any atom is 0.154 e. The van der Waals surface area contributed by atoms with E-state index < -0.39 is 9.84 Å². The number of para-hydroxylation sites is 1. The van der Waals surface area contributed by atoms with E-state index in [1.54, 1.807) is 13.2 Å². The van der Waals surface area contributed by atoms with Crippen molar-refractivity contribution in [3.8, 4) is 5.75 Å². The molecule has 1 atom stereocenters. The molecule has 1 fully saturated rings. The zero-order chi connectivity index (χ0) is 13.2. The number of benzene rings is 1. The Labute approximate surface area is 107 Å². The average molecular weight is 270 g/mol. The van der Waals surface area contributed by atoms with E-state index in [-0.39, 0.29) is 5.25 Å². The summed E-state index contributed by atoms with van der Waals surface area (Å²) in [7, 11) is -1.37. The molecular formula is C12H18N2O3S. The summed E-state index contributed by atoms with van der Waals surface area (Å²) < 4.78 is 28.5. The third-order valence-corrected chi connectivity index (χ3v) is 5.54. The van der Waals surface area contributed by atoms with Gasteiger partial charge in [0.15, 0.2) is 9.84 Å². The Balaban J connectivity index is 2.07. The molecule has 1 unspecified atom stereocenters.